The number of rotatable bonds is 2. The van der Waals surface area contributed by atoms with Crippen LogP contribution in [0.3, 0.4) is 0 Å². The van der Waals surface area contributed by atoms with Gasteiger partial charge in [0, 0.05) is 16.2 Å². The Labute approximate surface area is 106 Å². The number of carbonyl (C=O) groups excluding carboxylic acids is 1. The predicted molar refractivity (Wildman–Crippen MR) is 66.2 cm³/mol. The summed E-state index contributed by atoms with van der Waals surface area (Å²) in [6.45, 7) is 0. The number of ketones is 1. The molecule has 1 aromatic carbocycles. The summed E-state index contributed by atoms with van der Waals surface area (Å²) in [5, 5.41) is 0. The molecule has 0 aliphatic heterocycles. The van der Waals surface area contributed by atoms with Gasteiger partial charge < -0.3 is 5.73 Å². The third-order valence-electron chi connectivity index (χ3n) is 2.26. The molecule has 0 spiro atoms. The Bertz CT molecular complexity index is 586. The van der Waals surface area contributed by atoms with Gasteiger partial charge in [-0.2, -0.15) is 0 Å². The van der Waals surface area contributed by atoms with E-state index in [9.17, 15) is 9.18 Å². The predicted octanol–water partition coefficient (Wildman–Crippen LogP) is 2.80. The summed E-state index contributed by atoms with van der Waals surface area (Å²) >= 11 is 3.20. The second kappa shape index (κ2) is 4.63. The molecule has 17 heavy (non-hydrogen) atoms. The van der Waals surface area contributed by atoms with Crippen molar-refractivity contribution in [2.24, 2.45) is 0 Å². The maximum atomic E-state index is 13.1. The van der Waals surface area contributed by atoms with Crippen molar-refractivity contribution in [2.45, 2.75) is 0 Å². The smallest absolute Gasteiger partial charge is 0.197 e. The van der Waals surface area contributed by atoms with E-state index in [-0.39, 0.29) is 22.7 Å². The van der Waals surface area contributed by atoms with E-state index in [1.807, 2.05) is 0 Å². The molecule has 0 atom stereocenters. The number of carbonyl (C=O) groups is 1. The molecule has 3 nitrogen and oxygen atoms in total. The summed E-state index contributed by atoms with van der Waals surface area (Å²) in [6.07, 6.45) is 1.49. The van der Waals surface area contributed by atoms with E-state index < -0.39 is 5.82 Å². The molecular weight excluding hydrogens is 287 g/mol. The lowest BCUT2D eigenvalue weighted by molar-refractivity contribution is 0.103. The summed E-state index contributed by atoms with van der Waals surface area (Å²) in [7, 11) is 0. The first-order chi connectivity index (χ1) is 8.09. The van der Waals surface area contributed by atoms with Crippen LogP contribution in [-0.2, 0) is 0 Å². The molecule has 0 radical (unpaired) electrons. The van der Waals surface area contributed by atoms with E-state index in [0.29, 0.717) is 4.47 Å². The number of pyridine rings is 1. The van der Waals surface area contributed by atoms with Crippen LogP contribution in [0.1, 0.15) is 15.9 Å². The van der Waals surface area contributed by atoms with Crippen molar-refractivity contribution < 1.29 is 9.18 Å². The zero-order valence-electron chi connectivity index (χ0n) is 8.65. The van der Waals surface area contributed by atoms with Crippen LogP contribution in [-0.4, -0.2) is 10.8 Å². The number of nitrogens with zero attached hydrogens (tertiary/aromatic N) is 1. The molecule has 0 aliphatic carbocycles. The minimum Gasteiger partial charge on any atom is -0.383 e. The number of anilines is 1. The molecule has 0 aliphatic rings. The molecule has 0 amide bonds. The Kier molecular flexibility index (Phi) is 3.19. The van der Waals surface area contributed by atoms with E-state index in [1.165, 1.54) is 24.4 Å². The van der Waals surface area contributed by atoms with E-state index in [0.717, 1.165) is 0 Å². The Morgan fingerprint density at radius 2 is 2.06 bits per heavy atom. The summed E-state index contributed by atoms with van der Waals surface area (Å²) < 4.78 is 13.6. The highest BCUT2D eigenvalue weighted by Gasteiger charge is 2.16. The highest BCUT2D eigenvalue weighted by Crippen LogP contribution is 2.22. The van der Waals surface area contributed by atoms with Crippen molar-refractivity contribution in [1.82, 2.24) is 4.98 Å². The minimum absolute atomic E-state index is 0.133. The first-order valence-corrected chi connectivity index (χ1v) is 5.59. The normalized spacial score (nSPS) is 10.2. The summed E-state index contributed by atoms with van der Waals surface area (Å²) in [6, 6.07) is 7.08. The molecule has 2 aromatic rings. The molecule has 1 heterocycles. The molecule has 0 bridgehead atoms. The molecule has 0 saturated carbocycles. The van der Waals surface area contributed by atoms with Gasteiger partial charge in [0.05, 0.1) is 5.56 Å². The Morgan fingerprint density at radius 3 is 2.76 bits per heavy atom. The monoisotopic (exact) mass is 294 g/mol. The van der Waals surface area contributed by atoms with Crippen LogP contribution in [0.5, 0.6) is 0 Å². The first kappa shape index (κ1) is 11.7. The average molecular weight is 295 g/mol. The van der Waals surface area contributed by atoms with E-state index in [4.69, 9.17) is 5.73 Å². The zero-order valence-corrected chi connectivity index (χ0v) is 10.2. The number of aromatic nitrogens is 1. The lowest BCUT2D eigenvalue weighted by atomic mass is 10.0. The molecule has 2 rings (SSSR count). The fourth-order valence-corrected chi connectivity index (χ4v) is 1.85. The third-order valence-corrected chi connectivity index (χ3v) is 2.95. The molecular formula is C12H8BrFN2O. The SMILES string of the molecule is Nc1ncccc1C(=O)c1cc(F)ccc1Br. The van der Waals surface area contributed by atoms with Gasteiger partial charge in [0.1, 0.15) is 11.6 Å². The number of hydrogen-bond acceptors (Lipinski definition) is 3. The molecule has 1 aromatic heterocycles. The summed E-state index contributed by atoms with van der Waals surface area (Å²) in [5.74, 6) is -0.699. The molecule has 0 unspecified atom stereocenters. The Morgan fingerprint density at radius 1 is 1.29 bits per heavy atom. The third kappa shape index (κ3) is 2.34. The minimum atomic E-state index is -0.473. The highest BCUT2D eigenvalue weighted by atomic mass is 79.9. The van der Waals surface area contributed by atoms with Crippen LogP contribution in [0.2, 0.25) is 0 Å². The van der Waals surface area contributed by atoms with Crippen molar-refractivity contribution in [3.8, 4) is 0 Å². The molecule has 5 heteroatoms. The molecule has 0 fully saturated rings. The Hall–Kier alpha value is -1.75. The summed E-state index contributed by atoms with van der Waals surface area (Å²) in [4.78, 5) is 15.9. The van der Waals surface area contributed by atoms with Crippen molar-refractivity contribution in [1.29, 1.82) is 0 Å². The number of benzene rings is 1. The lowest BCUT2D eigenvalue weighted by Crippen LogP contribution is -2.07. The van der Waals surface area contributed by atoms with Gasteiger partial charge in [0.15, 0.2) is 5.78 Å². The van der Waals surface area contributed by atoms with Gasteiger partial charge in [-0.15, -0.1) is 0 Å². The maximum Gasteiger partial charge on any atom is 0.197 e. The van der Waals surface area contributed by atoms with Gasteiger partial charge in [-0.05, 0) is 30.3 Å². The fourth-order valence-electron chi connectivity index (χ4n) is 1.43. The molecule has 2 N–H and O–H groups in total. The van der Waals surface area contributed by atoms with Crippen LogP contribution in [0.4, 0.5) is 10.2 Å². The standard InChI is InChI=1S/C12H8BrFN2O/c13-10-4-3-7(14)6-9(10)11(17)8-2-1-5-16-12(8)15/h1-6H,(H2,15,16). The number of hydrogen-bond donors (Lipinski definition) is 1. The number of nitrogens with two attached hydrogens (primary N) is 1. The topological polar surface area (TPSA) is 56.0 Å². The van der Waals surface area contributed by atoms with Crippen LogP contribution in [0.15, 0.2) is 41.0 Å². The van der Waals surface area contributed by atoms with Crippen LogP contribution < -0.4 is 5.73 Å². The largest absolute Gasteiger partial charge is 0.383 e. The van der Waals surface area contributed by atoms with E-state index in [1.54, 1.807) is 12.1 Å². The molecule has 86 valence electrons. The second-order valence-corrected chi connectivity index (χ2v) is 4.24. The zero-order chi connectivity index (χ0) is 12.4. The van der Waals surface area contributed by atoms with Crippen LogP contribution in [0, 0.1) is 5.82 Å². The van der Waals surface area contributed by atoms with Crippen molar-refractivity contribution in [2.75, 3.05) is 5.73 Å². The number of halogens is 2. The van der Waals surface area contributed by atoms with Gasteiger partial charge in [-0.1, -0.05) is 15.9 Å². The maximum absolute atomic E-state index is 13.1. The van der Waals surface area contributed by atoms with Gasteiger partial charge in [-0.25, -0.2) is 9.37 Å². The summed E-state index contributed by atoms with van der Waals surface area (Å²) in [5.41, 5.74) is 6.10. The average Bonchev–Trinajstić information content (AvgIpc) is 2.32. The fraction of sp³-hybridized carbons (Fsp3) is 0. The highest BCUT2D eigenvalue weighted by molar-refractivity contribution is 9.10. The van der Waals surface area contributed by atoms with Gasteiger partial charge in [0.25, 0.3) is 0 Å². The molecule has 0 saturated heterocycles. The Balaban J connectivity index is 2.51. The van der Waals surface area contributed by atoms with Crippen LogP contribution in [0.25, 0.3) is 0 Å². The van der Waals surface area contributed by atoms with E-state index in [2.05, 4.69) is 20.9 Å². The second-order valence-electron chi connectivity index (χ2n) is 3.39. The van der Waals surface area contributed by atoms with Gasteiger partial charge in [-0.3, -0.25) is 4.79 Å². The van der Waals surface area contributed by atoms with Crippen molar-refractivity contribution >= 4 is 27.5 Å². The van der Waals surface area contributed by atoms with Crippen molar-refractivity contribution in [3.63, 3.8) is 0 Å². The number of nitrogen functional groups attached to an aromatic ring is 1. The van der Waals surface area contributed by atoms with Gasteiger partial charge in [0.2, 0.25) is 0 Å². The lowest BCUT2D eigenvalue weighted by Gasteiger charge is -2.05. The van der Waals surface area contributed by atoms with Crippen LogP contribution >= 0.6 is 15.9 Å². The van der Waals surface area contributed by atoms with Gasteiger partial charge >= 0.3 is 0 Å². The van der Waals surface area contributed by atoms with E-state index >= 15 is 0 Å². The quantitative estimate of drug-likeness (QED) is 0.867. The van der Waals surface area contributed by atoms with Crippen molar-refractivity contribution in [3.05, 3.63) is 57.9 Å². The first-order valence-electron chi connectivity index (χ1n) is 4.80.